The minimum atomic E-state index is 0.0611. The van der Waals surface area contributed by atoms with E-state index in [2.05, 4.69) is 10.3 Å². The Balaban J connectivity index is 1.42. The maximum Gasteiger partial charge on any atom is 0.224 e. The summed E-state index contributed by atoms with van der Waals surface area (Å²) in [4.78, 5) is 16.1. The zero-order valence-corrected chi connectivity index (χ0v) is 12.4. The summed E-state index contributed by atoms with van der Waals surface area (Å²) in [5.41, 5.74) is 2.76. The number of aryl methyl sites for hydroxylation is 1. The lowest BCUT2D eigenvalue weighted by atomic mass is 10.2. The molecule has 3 rings (SSSR count). The SMILES string of the molecule is O=C(Cc1ccsc1)NCCCc1nc2ccccc2o1. The summed E-state index contributed by atoms with van der Waals surface area (Å²) in [6.45, 7) is 0.641. The summed E-state index contributed by atoms with van der Waals surface area (Å²) < 4.78 is 5.64. The van der Waals surface area contributed by atoms with E-state index in [9.17, 15) is 4.79 Å². The van der Waals surface area contributed by atoms with Crippen molar-refractivity contribution in [3.63, 3.8) is 0 Å². The van der Waals surface area contributed by atoms with Crippen molar-refractivity contribution in [1.82, 2.24) is 10.3 Å². The third-order valence-corrected chi connectivity index (χ3v) is 3.90. The van der Waals surface area contributed by atoms with Crippen molar-refractivity contribution in [2.75, 3.05) is 6.54 Å². The van der Waals surface area contributed by atoms with Crippen LogP contribution in [-0.2, 0) is 17.6 Å². The molecule has 0 spiro atoms. The smallest absolute Gasteiger partial charge is 0.224 e. The third kappa shape index (κ3) is 3.70. The van der Waals surface area contributed by atoms with Gasteiger partial charge >= 0.3 is 0 Å². The minimum absolute atomic E-state index is 0.0611. The van der Waals surface area contributed by atoms with Crippen LogP contribution < -0.4 is 5.32 Å². The van der Waals surface area contributed by atoms with Gasteiger partial charge in [0.2, 0.25) is 5.91 Å². The molecule has 0 aliphatic carbocycles. The van der Waals surface area contributed by atoms with Crippen LogP contribution >= 0.6 is 11.3 Å². The summed E-state index contributed by atoms with van der Waals surface area (Å²) in [5.74, 6) is 0.786. The van der Waals surface area contributed by atoms with Gasteiger partial charge in [0.1, 0.15) is 5.52 Å². The first kappa shape index (κ1) is 13.8. The number of nitrogens with zero attached hydrogens (tertiary/aromatic N) is 1. The van der Waals surface area contributed by atoms with Gasteiger partial charge in [-0.2, -0.15) is 11.3 Å². The molecule has 1 N–H and O–H groups in total. The summed E-state index contributed by atoms with van der Waals surface area (Å²) in [6.07, 6.45) is 2.00. The Labute approximate surface area is 126 Å². The molecule has 1 amide bonds. The topological polar surface area (TPSA) is 55.1 Å². The molecule has 0 saturated carbocycles. The summed E-state index contributed by atoms with van der Waals surface area (Å²) in [6, 6.07) is 9.70. The van der Waals surface area contributed by atoms with Gasteiger partial charge in [0.25, 0.3) is 0 Å². The van der Waals surface area contributed by atoms with Gasteiger partial charge in [-0.15, -0.1) is 0 Å². The first-order valence-electron chi connectivity index (χ1n) is 6.93. The number of carbonyl (C=O) groups is 1. The molecule has 0 aliphatic rings. The Morgan fingerprint density at radius 1 is 1.29 bits per heavy atom. The number of aromatic nitrogens is 1. The number of benzene rings is 1. The largest absolute Gasteiger partial charge is 0.441 e. The molecule has 0 unspecified atom stereocenters. The maximum atomic E-state index is 11.7. The number of oxazole rings is 1. The van der Waals surface area contributed by atoms with Gasteiger partial charge in [0, 0.05) is 13.0 Å². The van der Waals surface area contributed by atoms with E-state index in [1.807, 2.05) is 41.1 Å². The Hall–Kier alpha value is -2.14. The molecule has 2 aromatic heterocycles. The van der Waals surface area contributed by atoms with Crippen molar-refractivity contribution >= 4 is 28.3 Å². The molecule has 5 heteroatoms. The lowest BCUT2D eigenvalue weighted by molar-refractivity contribution is -0.120. The van der Waals surface area contributed by atoms with Gasteiger partial charge in [-0.25, -0.2) is 4.98 Å². The fraction of sp³-hybridized carbons (Fsp3) is 0.250. The molecular weight excluding hydrogens is 284 g/mol. The van der Waals surface area contributed by atoms with Gasteiger partial charge in [0.05, 0.1) is 6.42 Å². The van der Waals surface area contributed by atoms with Crippen molar-refractivity contribution in [3.05, 3.63) is 52.5 Å². The van der Waals surface area contributed by atoms with Gasteiger partial charge in [0.15, 0.2) is 11.5 Å². The molecule has 3 aromatic rings. The quantitative estimate of drug-likeness (QED) is 0.711. The Bertz CT molecular complexity index is 686. The third-order valence-electron chi connectivity index (χ3n) is 3.17. The van der Waals surface area contributed by atoms with E-state index in [1.54, 1.807) is 11.3 Å². The van der Waals surface area contributed by atoms with Crippen LogP contribution in [0.1, 0.15) is 17.9 Å². The number of thiophene rings is 1. The van der Waals surface area contributed by atoms with E-state index in [4.69, 9.17) is 4.42 Å². The monoisotopic (exact) mass is 300 g/mol. The highest BCUT2D eigenvalue weighted by molar-refractivity contribution is 7.07. The van der Waals surface area contributed by atoms with Crippen molar-refractivity contribution in [3.8, 4) is 0 Å². The number of hydrogen-bond donors (Lipinski definition) is 1. The highest BCUT2D eigenvalue weighted by Crippen LogP contribution is 2.15. The van der Waals surface area contributed by atoms with Crippen LogP contribution in [0.3, 0.4) is 0 Å². The Morgan fingerprint density at radius 3 is 3.00 bits per heavy atom. The molecular formula is C16H16N2O2S. The van der Waals surface area contributed by atoms with Crippen molar-refractivity contribution in [1.29, 1.82) is 0 Å². The second-order valence-corrected chi connectivity index (χ2v) is 5.62. The zero-order valence-electron chi connectivity index (χ0n) is 11.5. The molecule has 0 bridgehead atoms. The van der Waals surface area contributed by atoms with E-state index in [0.717, 1.165) is 35.4 Å². The van der Waals surface area contributed by atoms with Crippen LogP contribution in [0.4, 0.5) is 0 Å². The molecule has 0 aliphatic heterocycles. The van der Waals surface area contributed by atoms with Crippen LogP contribution in [0.2, 0.25) is 0 Å². The number of para-hydroxylation sites is 2. The number of amides is 1. The first-order chi connectivity index (χ1) is 10.3. The standard InChI is InChI=1S/C16H16N2O2S/c19-15(10-12-7-9-21-11-12)17-8-3-6-16-18-13-4-1-2-5-14(13)20-16/h1-2,4-5,7,9,11H,3,6,8,10H2,(H,17,19). The van der Waals surface area contributed by atoms with E-state index >= 15 is 0 Å². The fourth-order valence-electron chi connectivity index (χ4n) is 2.14. The molecule has 0 fully saturated rings. The molecule has 0 saturated heterocycles. The Kier molecular flexibility index (Phi) is 4.31. The van der Waals surface area contributed by atoms with E-state index in [1.165, 1.54) is 0 Å². The van der Waals surface area contributed by atoms with Crippen LogP contribution in [0.15, 0.2) is 45.5 Å². The van der Waals surface area contributed by atoms with Gasteiger partial charge in [-0.05, 0) is 40.9 Å². The second-order valence-electron chi connectivity index (χ2n) is 4.84. The summed E-state index contributed by atoms with van der Waals surface area (Å²) >= 11 is 1.61. The van der Waals surface area contributed by atoms with Crippen LogP contribution in [0, 0.1) is 0 Å². The molecule has 0 atom stereocenters. The van der Waals surface area contributed by atoms with Crippen molar-refractivity contribution < 1.29 is 9.21 Å². The molecule has 1 aromatic carbocycles. The molecule has 2 heterocycles. The number of nitrogens with one attached hydrogen (secondary N) is 1. The average molecular weight is 300 g/mol. The molecule has 108 valence electrons. The average Bonchev–Trinajstić information content (AvgIpc) is 3.12. The van der Waals surface area contributed by atoms with Gasteiger partial charge in [-0.3, -0.25) is 4.79 Å². The number of hydrogen-bond acceptors (Lipinski definition) is 4. The molecule has 0 radical (unpaired) electrons. The number of rotatable bonds is 6. The van der Waals surface area contributed by atoms with E-state index in [-0.39, 0.29) is 5.91 Å². The number of fused-ring (bicyclic) bond motifs is 1. The van der Waals surface area contributed by atoms with Gasteiger partial charge < -0.3 is 9.73 Å². The zero-order chi connectivity index (χ0) is 14.5. The normalized spacial score (nSPS) is 10.9. The second kappa shape index (κ2) is 6.54. The highest BCUT2D eigenvalue weighted by atomic mass is 32.1. The first-order valence-corrected chi connectivity index (χ1v) is 7.88. The van der Waals surface area contributed by atoms with E-state index < -0.39 is 0 Å². The van der Waals surface area contributed by atoms with Gasteiger partial charge in [-0.1, -0.05) is 12.1 Å². The predicted octanol–water partition coefficient (Wildman–Crippen LogP) is 3.18. The van der Waals surface area contributed by atoms with Crippen molar-refractivity contribution in [2.45, 2.75) is 19.3 Å². The minimum Gasteiger partial charge on any atom is -0.441 e. The highest BCUT2D eigenvalue weighted by Gasteiger charge is 2.06. The summed E-state index contributed by atoms with van der Waals surface area (Å²) in [5, 5.41) is 6.90. The van der Waals surface area contributed by atoms with E-state index in [0.29, 0.717) is 13.0 Å². The molecule has 4 nitrogen and oxygen atoms in total. The fourth-order valence-corrected chi connectivity index (χ4v) is 2.80. The van der Waals surface area contributed by atoms with Crippen LogP contribution in [0.5, 0.6) is 0 Å². The van der Waals surface area contributed by atoms with Crippen LogP contribution in [0.25, 0.3) is 11.1 Å². The lowest BCUT2D eigenvalue weighted by Gasteiger charge is -2.02. The maximum absolute atomic E-state index is 11.7. The Morgan fingerprint density at radius 2 is 2.19 bits per heavy atom. The van der Waals surface area contributed by atoms with Crippen molar-refractivity contribution in [2.24, 2.45) is 0 Å². The molecule has 21 heavy (non-hydrogen) atoms. The number of carbonyl (C=O) groups excluding carboxylic acids is 1. The lowest BCUT2D eigenvalue weighted by Crippen LogP contribution is -2.26. The summed E-state index contributed by atoms with van der Waals surface area (Å²) in [7, 11) is 0. The van der Waals surface area contributed by atoms with Crippen LogP contribution in [-0.4, -0.2) is 17.4 Å². The predicted molar refractivity (Wildman–Crippen MR) is 83.4 cm³/mol.